The molecule has 1 fully saturated rings. The zero-order valence-electron chi connectivity index (χ0n) is 16.1. The summed E-state index contributed by atoms with van der Waals surface area (Å²) in [5.41, 5.74) is 0. The average Bonchev–Trinajstić information content (AvgIpc) is 3.34. The van der Waals surface area contributed by atoms with Gasteiger partial charge < -0.3 is 20.1 Å². The predicted octanol–water partition coefficient (Wildman–Crippen LogP) is 2.04. The van der Waals surface area contributed by atoms with Crippen molar-refractivity contribution in [2.24, 2.45) is 4.99 Å². The summed E-state index contributed by atoms with van der Waals surface area (Å²) >= 11 is 0. The maximum absolute atomic E-state index is 13.9. The first-order valence-electron chi connectivity index (χ1n) is 9.49. The third-order valence-corrected chi connectivity index (χ3v) is 4.47. The molecular formula is C18H28FIN8. The van der Waals surface area contributed by atoms with Gasteiger partial charge >= 0.3 is 0 Å². The maximum Gasteiger partial charge on any atom is 0.191 e. The molecule has 2 N–H and O–H groups in total. The molecule has 10 heteroatoms. The lowest BCUT2D eigenvalue weighted by molar-refractivity contribution is 0.605. The van der Waals surface area contributed by atoms with E-state index >= 15 is 0 Å². The van der Waals surface area contributed by atoms with Gasteiger partial charge in [-0.3, -0.25) is 4.99 Å². The van der Waals surface area contributed by atoms with Crippen molar-refractivity contribution in [1.82, 2.24) is 30.4 Å². The van der Waals surface area contributed by atoms with Crippen LogP contribution in [-0.4, -0.2) is 57.9 Å². The van der Waals surface area contributed by atoms with Crippen LogP contribution in [0.4, 0.5) is 10.2 Å². The summed E-state index contributed by atoms with van der Waals surface area (Å²) in [6.07, 6.45) is 8.02. The molecule has 1 aliphatic rings. The summed E-state index contributed by atoms with van der Waals surface area (Å²) in [7, 11) is 0. The normalized spacial score (nSPS) is 16.7. The van der Waals surface area contributed by atoms with E-state index in [-0.39, 0.29) is 35.8 Å². The second-order valence-corrected chi connectivity index (χ2v) is 6.55. The molecule has 1 unspecified atom stereocenters. The van der Waals surface area contributed by atoms with Crippen LogP contribution >= 0.6 is 24.0 Å². The second-order valence-electron chi connectivity index (χ2n) is 6.55. The van der Waals surface area contributed by atoms with E-state index in [4.69, 9.17) is 0 Å². The number of pyridine rings is 1. The summed E-state index contributed by atoms with van der Waals surface area (Å²) in [5.74, 6) is 0.972. The van der Waals surface area contributed by atoms with E-state index in [1.165, 1.54) is 6.07 Å². The second kappa shape index (κ2) is 11.8. The van der Waals surface area contributed by atoms with Crippen molar-refractivity contribution in [2.75, 3.05) is 31.1 Å². The lowest BCUT2D eigenvalue weighted by atomic mass is 10.3. The minimum atomic E-state index is -0.271. The van der Waals surface area contributed by atoms with Crippen molar-refractivity contribution in [3.05, 3.63) is 36.8 Å². The molecular weight excluding hydrogens is 474 g/mol. The van der Waals surface area contributed by atoms with Crippen LogP contribution in [0.15, 0.2) is 36.0 Å². The van der Waals surface area contributed by atoms with E-state index in [2.05, 4.69) is 30.8 Å². The lowest BCUT2D eigenvalue weighted by Gasteiger charge is -2.20. The first kappa shape index (κ1) is 22.3. The highest BCUT2D eigenvalue weighted by molar-refractivity contribution is 14.0. The van der Waals surface area contributed by atoms with Gasteiger partial charge in [-0.2, -0.15) is 0 Å². The zero-order chi connectivity index (χ0) is 18.9. The van der Waals surface area contributed by atoms with Gasteiger partial charge in [0.1, 0.15) is 12.7 Å². The van der Waals surface area contributed by atoms with Gasteiger partial charge in [-0.05, 0) is 38.3 Å². The van der Waals surface area contributed by atoms with Crippen molar-refractivity contribution < 1.29 is 4.39 Å². The van der Waals surface area contributed by atoms with Crippen LogP contribution < -0.4 is 15.5 Å². The van der Waals surface area contributed by atoms with Gasteiger partial charge in [-0.1, -0.05) is 0 Å². The Bertz CT molecular complexity index is 724. The van der Waals surface area contributed by atoms with E-state index in [9.17, 15) is 4.39 Å². The van der Waals surface area contributed by atoms with Crippen LogP contribution in [0.25, 0.3) is 0 Å². The number of guanidine groups is 1. The van der Waals surface area contributed by atoms with Crippen LogP contribution in [-0.2, 0) is 6.54 Å². The summed E-state index contributed by atoms with van der Waals surface area (Å²) in [4.78, 5) is 10.8. The molecule has 0 amide bonds. The summed E-state index contributed by atoms with van der Waals surface area (Å²) in [6.45, 7) is 6.00. The van der Waals surface area contributed by atoms with Gasteiger partial charge in [0, 0.05) is 45.0 Å². The van der Waals surface area contributed by atoms with Crippen LogP contribution in [0.5, 0.6) is 0 Å². The summed E-state index contributed by atoms with van der Waals surface area (Å²) in [5, 5.41) is 14.3. The summed E-state index contributed by atoms with van der Waals surface area (Å²) in [6, 6.07) is 3.29. The standard InChI is InChI=1S/C18H27FN8.HI/c1-2-20-18(22-8-3-4-10-26-13-23-24-14-26)25-15-7-11-27(12-15)17-16(19)6-5-9-21-17;/h5-6,9,13-15H,2-4,7-8,10-12H2,1H3,(H2,20,22,25);1H. The van der Waals surface area contributed by atoms with Crippen molar-refractivity contribution in [2.45, 2.75) is 38.8 Å². The molecule has 8 nitrogen and oxygen atoms in total. The van der Waals surface area contributed by atoms with Crippen LogP contribution in [0.3, 0.4) is 0 Å². The SMILES string of the molecule is CCNC(=NCCCCn1cnnc1)NC1CCN(c2ncccc2F)C1.I. The van der Waals surface area contributed by atoms with Gasteiger partial charge in [0.15, 0.2) is 17.6 Å². The number of aryl methyl sites for hydroxylation is 1. The number of hydrogen-bond acceptors (Lipinski definition) is 5. The molecule has 1 atom stereocenters. The minimum absolute atomic E-state index is 0. The minimum Gasteiger partial charge on any atom is -0.357 e. The monoisotopic (exact) mass is 502 g/mol. The highest BCUT2D eigenvalue weighted by atomic mass is 127. The molecule has 0 radical (unpaired) electrons. The summed E-state index contributed by atoms with van der Waals surface area (Å²) < 4.78 is 15.9. The zero-order valence-corrected chi connectivity index (χ0v) is 18.4. The molecule has 154 valence electrons. The number of rotatable bonds is 8. The molecule has 0 bridgehead atoms. The Morgan fingerprint density at radius 1 is 1.32 bits per heavy atom. The Kier molecular flexibility index (Phi) is 9.38. The molecule has 0 aliphatic carbocycles. The van der Waals surface area contributed by atoms with Crippen LogP contribution in [0.2, 0.25) is 0 Å². The van der Waals surface area contributed by atoms with Gasteiger partial charge in [-0.25, -0.2) is 9.37 Å². The van der Waals surface area contributed by atoms with Crippen molar-refractivity contribution >= 4 is 35.8 Å². The Morgan fingerprint density at radius 3 is 2.89 bits per heavy atom. The van der Waals surface area contributed by atoms with Crippen LogP contribution in [0, 0.1) is 5.82 Å². The molecule has 0 aromatic carbocycles. The highest BCUT2D eigenvalue weighted by Gasteiger charge is 2.25. The smallest absolute Gasteiger partial charge is 0.191 e. The third kappa shape index (κ3) is 6.57. The Hall–Kier alpha value is -1.98. The van der Waals surface area contributed by atoms with E-state index in [1.54, 1.807) is 24.9 Å². The third-order valence-electron chi connectivity index (χ3n) is 4.47. The number of nitrogens with one attached hydrogen (secondary N) is 2. The maximum atomic E-state index is 13.9. The van der Waals surface area contributed by atoms with Gasteiger partial charge in [0.2, 0.25) is 0 Å². The Morgan fingerprint density at radius 2 is 2.14 bits per heavy atom. The molecule has 3 rings (SSSR count). The molecule has 2 aromatic rings. The quantitative estimate of drug-likeness (QED) is 0.249. The van der Waals surface area contributed by atoms with Gasteiger partial charge in [-0.15, -0.1) is 34.2 Å². The molecule has 28 heavy (non-hydrogen) atoms. The van der Waals surface area contributed by atoms with Gasteiger partial charge in [0.25, 0.3) is 0 Å². The number of unbranched alkanes of at least 4 members (excludes halogenated alkanes) is 1. The Labute approximate surface area is 182 Å². The topological polar surface area (TPSA) is 83.3 Å². The number of aromatic nitrogens is 4. The molecule has 1 saturated heterocycles. The Balaban J connectivity index is 0.00000280. The molecule has 3 heterocycles. The van der Waals surface area contributed by atoms with Crippen molar-refractivity contribution in [1.29, 1.82) is 0 Å². The predicted molar refractivity (Wildman–Crippen MR) is 119 cm³/mol. The molecule has 0 spiro atoms. The number of halogens is 2. The van der Waals surface area contributed by atoms with Gasteiger partial charge in [0.05, 0.1) is 0 Å². The average molecular weight is 502 g/mol. The first-order valence-corrected chi connectivity index (χ1v) is 9.49. The molecule has 2 aromatic heterocycles. The van der Waals surface area contributed by atoms with Crippen molar-refractivity contribution in [3.63, 3.8) is 0 Å². The van der Waals surface area contributed by atoms with E-state index in [1.807, 2.05) is 16.4 Å². The number of aliphatic imine (C=N–C) groups is 1. The fourth-order valence-electron chi connectivity index (χ4n) is 3.13. The van der Waals surface area contributed by atoms with Crippen molar-refractivity contribution in [3.8, 4) is 0 Å². The first-order chi connectivity index (χ1) is 13.3. The fourth-order valence-corrected chi connectivity index (χ4v) is 3.13. The van der Waals surface area contributed by atoms with E-state index < -0.39 is 0 Å². The lowest BCUT2D eigenvalue weighted by Crippen LogP contribution is -2.44. The molecule has 1 aliphatic heterocycles. The van der Waals surface area contributed by atoms with E-state index in [0.717, 1.165) is 51.4 Å². The largest absolute Gasteiger partial charge is 0.357 e. The fraction of sp³-hybridized carbons (Fsp3) is 0.556. The number of nitrogens with zero attached hydrogens (tertiary/aromatic N) is 6. The number of anilines is 1. The highest BCUT2D eigenvalue weighted by Crippen LogP contribution is 2.20. The number of hydrogen-bond donors (Lipinski definition) is 2. The molecule has 0 saturated carbocycles. The van der Waals surface area contributed by atoms with Crippen LogP contribution in [0.1, 0.15) is 26.2 Å². The van der Waals surface area contributed by atoms with E-state index in [0.29, 0.717) is 12.4 Å².